The molecule has 2 heterocycles. The van der Waals surface area contributed by atoms with Gasteiger partial charge in [-0.15, -0.1) is 0 Å². The molecule has 0 bridgehead atoms. The summed E-state index contributed by atoms with van der Waals surface area (Å²) in [6.45, 7) is 7.00. The van der Waals surface area contributed by atoms with Crippen molar-refractivity contribution >= 4 is 17.5 Å². The molecule has 1 aromatic heterocycles. The minimum absolute atomic E-state index is 0.00981. The number of pyridine rings is 1. The van der Waals surface area contributed by atoms with Crippen LogP contribution in [0.15, 0.2) is 12.1 Å². The van der Waals surface area contributed by atoms with Crippen LogP contribution in [0.2, 0.25) is 5.15 Å². The average Bonchev–Trinajstić information content (AvgIpc) is 2.25. The van der Waals surface area contributed by atoms with E-state index < -0.39 is 0 Å². The Balaban J connectivity index is 2.20. The SMILES string of the molecule is Cc1cc(C(=O)N2CC(C)OC(C)C2)cc(Cl)n1. The predicted molar refractivity (Wildman–Crippen MR) is 69.9 cm³/mol. The Hall–Kier alpha value is -1.13. The van der Waals surface area contributed by atoms with Crippen LogP contribution < -0.4 is 0 Å². The molecule has 1 fully saturated rings. The normalized spacial score (nSPS) is 24.1. The molecule has 1 saturated heterocycles. The molecular formula is C13H17ClN2O2. The highest BCUT2D eigenvalue weighted by Gasteiger charge is 2.26. The van der Waals surface area contributed by atoms with Crippen LogP contribution in [-0.2, 0) is 4.74 Å². The standard InChI is InChI=1S/C13H17ClN2O2/c1-8-4-11(5-12(14)15-8)13(17)16-6-9(2)18-10(3)7-16/h4-5,9-10H,6-7H2,1-3H3. The molecule has 1 aliphatic heterocycles. The summed E-state index contributed by atoms with van der Waals surface area (Å²) in [5.41, 5.74) is 1.34. The van der Waals surface area contributed by atoms with Crippen LogP contribution in [0, 0.1) is 6.92 Å². The predicted octanol–water partition coefficient (Wildman–Crippen LogP) is 2.29. The van der Waals surface area contributed by atoms with E-state index in [-0.39, 0.29) is 18.1 Å². The first-order valence-corrected chi connectivity index (χ1v) is 6.42. The molecule has 0 aromatic carbocycles. The Bertz CT molecular complexity index is 434. The van der Waals surface area contributed by atoms with Crippen LogP contribution in [0.4, 0.5) is 0 Å². The van der Waals surface area contributed by atoms with E-state index in [1.807, 2.05) is 25.7 Å². The smallest absolute Gasteiger partial charge is 0.254 e. The number of hydrogen-bond donors (Lipinski definition) is 0. The largest absolute Gasteiger partial charge is 0.372 e. The third-order valence-electron chi connectivity index (χ3n) is 2.88. The Morgan fingerprint density at radius 1 is 1.39 bits per heavy atom. The third-order valence-corrected chi connectivity index (χ3v) is 3.07. The molecule has 1 amide bonds. The van der Waals surface area contributed by atoms with Gasteiger partial charge in [0.2, 0.25) is 0 Å². The second-order valence-electron chi connectivity index (χ2n) is 4.79. The van der Waals surface area contributed by atoms with Gasteiger partial charge in [-0.25, -0.2) is 4.98 Å². The number of rotatable bonds is 1. The molecule has 0 aliphatic carbocycles. The number of amides is 1. The monoisotopic (exact) mass is 268 g/mol. The van der Waals surface area contributed by atoms with Crippen LogP contribution >= 0.6 is 11.6 Å². The summed E-state index contributed by atoms with van der Waals surface area (Å²) < 4.78 is 5.62. The lowest BCUT2D eigenvalue weighted by Crippen LogP contribution is -2.48. The minimum Gasteiger partial charge on any atom is -0.372 e. The fraction of sp³-hybridized carbons (Fsp3) is 0.538. The lowest BCUT2D eigenvalue weighted by atomic mass is 10.1. The van der Waals surface area contributed by atoms with Gasteiger partial charge in [0.1, 0.15) is 5.15 Å². The number of aromatic nitrogens is 1. The van der Waals surface area contributed by atoms with Gasteiger partial charge in [-0.05, 0) is 32.9 Å². The van der Waals surface area contributed by atoms with Gasteiger partial charge < -0.3 is 9.64 Å². The molecule has 98 valence electrons. The number of aryl methyl sites for hydroxylation is 1. The van der Waals surface area contributed by atoms with Crippen molar-refractivity contribution in [3.63, 3.8) is 0 Å². The van der Waals surface area contributed by atoms with E-state index in [0.29, 0.717) is 23.8 Å². The summed E-state index contributed by atoms with van der Waals surface area (Å²) in [5.74, 6) is -0.00981. The number of hydrogen-bond acceptors (Lipinski definition) is 3. The third kappa shape index (κ3) is 3.00. The number of halogens is 1. The molecule has 0 saturated carbocycles. The maximum atomic E-state index is 12.4. The summed E-state index contributed by atoms with van der Waals surface area (Å²) in [6.07, 6.45) is 0.132. The topological polar surface area (TPSA) is 42.4 Å². The zero-order chi connectivity index (χ0) is 13.3. The van der Waals surface area contributed by atoms with E-state index in [0.717, 1.165) is 5.69 Å². The number of ether oxygens (including phenoxy) is 1. The minimum atomic E-state index is -0.00981. The average molecular weight is 269 g/mol. The molecule has 2 atom stereocenters. The maximum Gasteiger partial charge on any atom is 0.254 e. The molecule has 5 heteroatoms. The molecule has 0 radical (unpaired) electrons. The highest BCUT2D eigenvalue weighted by atomic mass is 35.5. The van der Waals surface area contributed by atoms with E-state index in [1.165, 1.54) is 0 Å². The molecule has 2 unspecified atom stereocenters. The van der Waals surface area contributed by atoms with Gasteiger partial charge in [-0.1, -0.05) is 11.6 Å². The fourth-order valence-electron chi connectivity index (χ4n) is 2.28. The van der Waals surface area contributed by atoms with Crippen molar-refractivity contribution in [1.82, 2.24) is 9.88 Å². The van der Waals surface area contributed by atoms with Crippen molar-refractivity contribution in [2.45, 2.75) is 33.0 Å². The van der Waals surface area contributed by atoms with Crippen LogP contribution in [0.5, 0.6) is 0 Å². The van der Waals surface area contributed by atoms with Gasteiger partial charge in [0.15, 0.2) is 0 Å². The lowest BCUT2D eigenvalue weighted by molar-refractivity contribution is -0.0586. The Morgan fingerprint density at radius 2 is 2.00 bits per heavy atom. The van der Waals surface area contributed by atoms with Crippen LogP contribution in [0.3, 0.4) is 0 Å². The van der Waals surface area contributed by atoms with Gasteiger partial charge in [0.05, 0.1) is 12.2 Å². The Morgan fingerprint density at radius 3 is 2.56 bits per heavy atom. The quantitative estimate of drug-likeness (QED) is 0.734. The van der Waals surface area contributed by atoms with Gasteiger partial charge >= 0.3 is 0 Å². The summed E-state index contributed by atoms with van der Waals surface area (Å²) >= 11 is 5.88. The Labute approximate surface area is 112 Å². The van der Waals surface area contributed by atoms with Crippen LogP contribution in [0.1, 0.15) is 29.9 Å². The van der Waals surface area contributed by atoms with Gasteiger partial charge in [0, 0.05) is 24.3 Å². The van der Waals surface area contributed by atoms with E-state index in [9.17, 15) is 4.79 Å². The molecule has 1 aliphatic rings. The number of morpholine rings is 1. The van der Waals surface area contributed by atoms with Crippen molar-refractivity contribution in [2.24, 2.45) is 0 Å². The number of nitrogens with zero attached hydrogens (tertiary/aromatic N) is 2. The van der Waals surface area contributed by atoms with Crippen molar-refractivity contribution in [3.8, 4) is 0 Å². The van der Waals surface area contributed by atoms with Crippen molar-refractivity contribution in [2.75, 3.05) is 13.1 Å². The lowest BCUT2D eigenvalue weighted by Gasteiger charge is -2.35. The molecular weight excluding hydrogens is 252 g/mol. The second-order valence-corrected chi connectivity index (χ2v) is 5.17. The van der Waals surface area contributed by atoms with Gasteiger partial charge in [0.25, 0.3) is 5.91 Å². The molecule has 18 heavy (non-hydrogen) atoms. The van der Waals surface area contributed by atoms with E-state index in [2.05, 4.69) is 4.98 Å². The molecule has 0 N–H and O–H groups in total. The summed E-state index contributed by atoms with van der Waals surface area (Å²) in [6, 6.07) is 3.38. The van der Waals surface area contributed by atoms with Crippen LogP contribution in [-0.4, -0.2) is 41.1 Å². The molecule has 1 aromatic rings. The van der Waals surface area contributed by atoms with E-state index >= 15 is 0 Å². The number of carbonyl (C=O) groups excluding carboxylic acids is 1. The van der Waals surface area contributed by atoms with Crippen molar-refractivity contribution in [3.05, 3.63) is 28.5 Å². The highest BCUT2D eigenvalue weighted by molar-refractivity contribution is 6.29. The first kappa shape index (κ1) is 13.3. The molecule has 2 rings (SSSR count). The second kappa shape index (κ2) is 5.24. The summed E-state index contributed by atoms with van der Waals surface area (Å²) in [7, 11) is 0. The zero-order valence-electron chi connectivity index (χ0n) is 10.8. The Kier molecular flexibility index (Phi) is 3.88. The summed E-state index contributed by atoms with van der Waals surface area (Å²) in [4.78, 5) is 18.3. The van der Waals surface area contributed by atoms with Crippen molar-refractivity contribution < 1.29 is 9.53 Å². The van der Waals surface area contributed by atoms with Crippen molar-refractivity contribution in [1.29, 1.82) is 0 Å². The highest BCUT2D eigenvalue weighted by Crippen LogP contribution is 2.17. The first-order valence-electron chi connectivity index (χ1n) is 6.04. The fourth-order valence-corrected chi connectivity index (χ4v) is 2.53. The van der Waals surface area contributed by atoms with Gasteiger partial charge in [-0.3, -0.25) is 4.79 Å². The van der Waals surface area contributed by atoms with E-state index in [1.54, 1.807) is 12.1 Å². The first-order chi connectivity index (χ1) is 8.45. The maximum absolute atomic E-state index is 12.4. The number of carbonyl (C=O) groups is 1. The van der Waals surface area contributed by atoms with Gasteiger partial charge in [-0.2, -0.15) is 0 Å². The molecule has 0 spiro atoms. The van der Waals surface area contributed by atoms with E-state index in [4.69, 9.17) is 16.3 Å². The molecule has 4 nitrogen and oxygen atoms in total. The summed E-state index contributed by atoms with van der Waals surface area (Å²) in [5, 5.41) is 0.354. The zero-order valence-corrected chi connectivity index (χ0v) is 11.6. The van der Waals surface area contributed by atoms with Crippen LogP contribution in [0.25, 0.3) is 0 Å².